The molecule has 0 amide bonds. The van der Waals surface area contributed by atoms with Gasteiger partial charge in [0.05, 0.1) is 37.3 Å². The first-order valence-corrected chi connectivity index (χ1v) is 23.1. The van der Waals surface area contributed by atoms with Crippen molar-refractivity contribution in [2.45, 2.75) is 0 Å². The monoisotopic (exact) mass is 919 g/mol. The van der Waals surface area contributed by atoms with Gasteiger partial charge in [0.2, 0.25) is 0 Å². The van der Waals surface area contributed by atoms with E-state index < -0.39 is 124 Å². The molecule has 2 aromatic heterocycles. The Morgan fingerprint density at radius 1 is 0.338 bits per heavy atom. The van der Waals surface area contributed by atoms with Crippen LogP contribution in [0.25, 0.3) is 115 Å². The molecule has 3 heteroatoms. The van der Waals surface area contributed by atoms with Crippen LogP contribution in [0.3, 0.4) is 0 Å². The van der Waals surface area contributed by atoms with E-state index in [4.69, 9.17) is 14.0 Å². The number of anilines is 3. The Morgan fingerprint density at radius 2 is 0.958 bits per heavy atom. The Morgan fingerprint density at radius 3 is 1.76 bits per heavy atom. The molecule has 12 aromatic carbocycles. The van der Waals surface area contributed by atoms with E-state index in [0.717, 1.165) is 60.2 Å². The van der Waals surface area contributed by atoms with Crippen molar-refractivity contribution in [1.82, 2.24) is 4.57 Å². The molecule has 0 N–H and O–H groups in total. The molecular formula is C68H44N2O. The van der Waals surface area contributed by atoms with Gasteiger partial charge in [0.15, 0.2) is 0 Å². The summed E-state index contributed by atoms with van der Waals surface area (Å²) < 4.78 is 147. The summed E-state index contributed by atoms with van der Waals surface area (Å²) in [4.78, 5) is 1.64. The number of hydrogen-bond acceptors (Lipinski definition) is 2. The fourth-order valence-electron chi connectivity index (χ4n) is 9.96. The third kappa shape index (κ3) is 6.82. The minimum absolute atomic E-state index is 0.204. The fourth-order valence-corrected chi connectivity index (χ4v) is 9.96. The van der Waals surface area contributed by atoms with Crippen molar-refractivity contribution in [2.24, 2.45) is 0 Å². The van der Waals surface area contributed by atoms with Gasteiger partial charge < -0.3 is 13.9 Å². The van der Waals surface area contributed by atoms with Crippen LogP contribution in [0.4, 0.5) is 17.1 Å². The normalized spacial score (nSPS) is 14.6. The zero-order chi connectivity index (χ0) is 59.9. The highest BCUT2D eigenvalue weighted by Gasteiger charge is 2.22. The second kappa shape index (κ2) is 16.7. The number of fused-ring (bicyclic) bond motifs is 9. The lowest BCUT2D eigenvalue weighted by Gasteiger charge is -2.28. The van der Waals surface area contributed by atoms with Crippen molar-refractivity contribution in [3.05, 3.63) is 267 Å². The van der Waals surface area contributed by atoms with E-state index in [-0.39, 0.29) is 5.69 Å². The molecule has 0 spiro atoms. The van der Waals surface area contributed by atoms with Crippen LogP contribution in [0.1, 0.15) is 20.6 Å². The first-order chi connectivity index (χ1) is 41.5. The van der Waals surface area contributed by atoms with Crippen molar-refractivity contribution in [2.75, 3.05) is 4.90 Å². The summed E-state index contributed by atoms with van der Waals surface area (Å²) in [6.07, 6.45) is 0. The molecule has 0 bridgehead atoms. The molecule has 3 nitrogen and oxygen atoms in total. The number of aromatic nitrogens is 1. The van der Waals surface area contributed by atoms with Gasteiger partial charge in [-0.25, -0.2) is 0 Å². The third-order valence-corrected chi connectivity index (χ3v) is 13.2. The molecule has 14 aromatic rings. The number of para-hydroxylation sites is 4. The van der Waals surface area contributed by atoms with Crippen molar-refractivity contribution in [1.29, 1.82) is 0 Å². The van der Waals surface area contributed by atoms with Crippen LogP contribution >= 0.6 is 0 Å². The highest BCUT2D eigenvalue weighted by Crippen LogP contribution is 2.46. The molecule has 2 heterocycles. The summed E-state index contributed by atoms with van der Waals surface area (Å²) >= 11 is 0. The smallest absolute Gasteiger partial charge is 0.143 e. The summed E-state index contributed by atoms with van der Waals surface area (Å²) in [6.45, 7) is 0. The number of hydrogen-bond donors (Lipinski definition) is 0. The molecule has 0 saturated heterocycles. The maximum atomic E-state index is 9.96. The zero-order valence-corrected chi connectivity index (χ0v) is 37.5. The highest BCUT2D eigenvalue weighted by molar-refractivity contribution is 6.18. The molecule has 71 heavy (non-hydrogen) atoms. The molecular weight excluding hydrogens is 861 g/mol. The Kier molecular flexibility index (Phi) is 6.60. The van der Waals surface area contributed by atoms with Gasteiger partial charge in [0, 0.05) is 55.1 Å². The summed E-state index contributed by atoms with van der Waals surface area (Å²) in [6, 6.07) is 46.5. The van der Waals surface area contributed by atoms with E-state index in [1.807, 2.05) is 127 Å². The van der Waals surface area contributed by atoms with Gasteiger partial charge in [0.25, 0.3) is 0 Å². The topological polar surface area (TPSA) is 21.3 Å². The Hall–Kier alpha value is -9.44. The molecule has 14 rings (SSSR count). The van der Waals surface area contributed by atoms with Gasteiger partial charge in [-0.1, -0.05) is 206 Å². The molecule has 0 atom stereocenters. The van der Waals surface area contributed by atoms with Gasteiger partial charge in [0.1, 0.15) is 11.2 Å². The average molecular weight is 920 g/mol. The van der Waals surface area contributed by atoms with Crippen LogP contribution < -0.4 is 4.90 Å². The largest absolute Gasteiger partial charge is 0.455 e. The lowest BCUT2D eigenvalue weighted by molar-refractivity contribution is 0.674. The van der Waals surface area contributed by atoms with Crippen molar-refractivity contribution >= 4 is 82.4 Å². The molecule has 0 aliphatic heterocycles. The van der Waals surface area contributed by atoms with Gasteiger partial charge >= 0.3 is 0 Å². The van der Waals surface area contributed by atoms with E-state index in [1.54, 1.807) is 11.0 Å². The van der Waals surface area contributed by atoms with E-state index in [2.05, 4.69) is 47.0 Å². The van der Waals surface area contributed by atoms with Crippen molar-refractivity contribution in [3.63, 3.8) is 0 Å². The number of benzene rings is 12. The van der Waals surface area contributed by atoms with Crippen LogP contribution in [-0.4, -0.2) is 4.57 Å². The summed E-state index contributed by atoms with van der Waals surface area (Å²) in [7, 11) is 0. The summed E-state index contributed by atoms with van der Waals surface area (Å²) in [5, 5.41) is 5.04. The zero-order valence-electron chi connectivity index (χ0n) is 52.5. The van der Waals surface area contributed by atoms with Gasteiger partial charge in [-0.15, -0.1) is 0 Å². The van der Waals surface area contributed by atoms with E-state index in [0.29, 0.717) is 33.7 Å². The number of furan rings is 1. The van der Waals surface area contributed by atoms with Crippen LogP contribution in [-0.2, 0) is 0 Å². The molecule has 0 saturated carbocycles. The van der Waals surface area contributed by atoms with Crippen LogP contribution in [0, 0.1) is 0 Å². The van der Waals surface area contributed by atoms with Gasteiger partial charge in [-0.2, -0.15) is 0 Å². The lowest BCUT2D eigenvalue weighted by Crippen LogP contribution is -2.11. The van der Waals surface area contributed by atoms with Crippen LogP contribution in [0.2, 0.25) is 0 Å². The maximum absolute atomic E-state index is 9.96. The minimum Gasteiger partial charge on any atom is -0.455 e. The van der Waals surface area contributed by atoms with Crippen molar-refractivity contribution < 1.29 is 25.0 Å². The highest BCUT2D eigenvalue weighted by atomic mass is 16.3. The molecule has 0 aliphatic carbocycles. The maximum Gasteiger partial charge on any atom is 0.143 e. The predicted octanol–water partition coefficient (Wildman–Crippen LogP) is 19.1. The summed E-state index contributed by atoms with van der Waals surface area (Å²) in [5.74, 6) is 0. The first kappa shape index (κ1) is 28.1. The number of rotatable bonds is 8. The van der Waals surface area contributed by atoms with Crippen LogP contribution in [0.15, 0.2) is 271 Å². The second-order valence-corrected chi connectivity index (χ2v) is 17.2. The molecule has 332 valence electrons. The average Bonchev–Trinajstić information content (AvgIpc) is 0.987. The Labute approximate surface area is 432 Å². The molecule has 0 aliphatic rings. The van der Waals surface area contributed by atoms with E-state index >= 15 is 0 Å². The van der Waals surface area contributed by atoms with E-state index in [9.17, 15) is 11.0 Å². The molecule has 0 unspecified atom stereocenters. The van der Waals surface area contributed by atoms with Gasteiger partial charge in [-0.3, -0.25) is 0 Å². The predicted molar refractivity (Wildman–Crippen MR) is 299 cm³/mol. The summed E-state index contributed by atoms with van der Waals surface area (Å²) in [5.41, 5.74) is 5.73. The Bertz CT molecular complexity index is 5150. The first-order valence-electron chi connectivity index (χ1n) is 30.6. The standard InChI is InChI=1S/C68H44N2O/c1-3-19-55-48(14-1)16-12-24-56(55)50-32-30-45(31-33-50)46-34-39-52(40-35-46)69(64-27-8-7-23-60(64)61-25-13-26-62-63-43-38-49-15-2-4-20-57(49)67(63)71-68(61)62)53-41-36-47(37-42-53)51-17-11-18-54(44-51)70-65-28-9-5-21-58(65)59-22-6-10-29-66(59)70/h1-44H/i1D,3D,12D,14D,16D,19D,24D,30D,31D,32D,33D,34D,35D,39D,40D. The van der Waals surface area contributed by atoms with Gasteiger partial charge in [-0.05, 0) is 110 Å². The Balaban J connectivity index is 0.965. The lowest BCUT2D eigenvalue weighted by atomic mass is 9.96. The quantitative estimate of drug-likeness (QED) is 0.151. The third-order valence-electron chi connectivity index (χ3n) is 13.2. The molecule has 0 radical (unpaired) electrons. The number of nitrogens with zero attached hydrogens (tertiary/aromatic N) is 2. The second-order valence-electron chi connectivity index (χ2n) is 17.2. The van der Waals surface area contributed by atoms with E-state index in [1.165, 1.54) is 0 Å². The van der Waals surface area contributed by atoms with Crippen LogP contribution in [0.5, 0.6) is 0 Å². The minimum atomic E-state index is -0.842. The van der Waals surface area contributed by atoms with Crippen molar-refractivity contribution in [3.8, 4) is 50.2 Å². The molecule has 0 fully saturated rings. The fraction of sp³-hybridized carbons (Fsp3) is 0. The SMILES string of the molecule is [2H]c1c([2H])c(-c2c([2H])c([2H])c([2H])c3c([2H])c([2H])c([2H])c([2H])c23)c([2H])c([2H])c1-c1c([2H])c([2H])c(N(c2ccc(-c3cccc(-n4c5ccccc5c5ccccc54)c3)cc2)c2ccccc2-c2cccc3c2oc2c4ccccc4ccc32)c([2H])c1[2H].